The van der Waals surface area contributed by atoms with Crippen molar-refractivity contribution in [3.8, 4) is 12.1 Å². The SMILES string of the molecule is Cc1cc2c(cc1C(=O)N1CCN(c3ccccc3C#N)CC1)c(N1CCN(c3ccccc3C#N)CC1)cn2C. The van der Waals surface area contributed by atoms with Crippen molar-refractivity contribution in [2.45, 2.75) is 6.92 Å². The Kier molecular flexibility index (Phi) is 6.99. The summed E-state index contributed by atoms with van der Waals surface area (Å²) < 4.78 is 2.15. The van der Waals surface area contributed by atoms with Gasteiger partial charge in [-0.3, -0.25) is 4.79 Å². The zero-order valence-corrected chi connectivity index (χ0v) is 23.5. The minimum absolute atomic E-state index is 0.0605. The summed E-state index contributed by atoms with van der Waals surface area (Å²) in [6.07, 6.45) is 2.17. The van der Waals surface area contributed by atoms with Gasteiger partial charge in [-0.15, -0.1) is 0 Å². The number of aromatic nitrogens is 1. The number of nitrogens with zero attached hydrogens (tertiary/aromatic N) is 7. The van der Waals surface area contributed by atoms with Gasteiger partial charge in [0.05, 0.1) is 33.7 Å². The van der Waals surface area contributed by atoms with Crippen LogP contribution in [0.5, 0.6) is 0 Å². The van der Waals surface area contributed by atoms with Gasteiger partial charge in [0.25, 0.3) is 5.91 Å². The highest BCUT2D eigenvalue weighted by atomic mass is 16.2. The number of hydrogen-bond donors (Lipinski definition) is 0. The highest BCUT2D eigenvalue weighted by Gasteiger charge is 2.27. The molecule has 0 N–H and O–H groups in total. The van der Waals surface area contributed by atoms with E-state index in [4.69, 9.17) is 0 Å². The van der Waals surface area contributed by atoms with Gasteiger partial charge in [-0.1, -0.05) is 24.3 Å². The number of aryl methyl sites for hydroxylation is 2. The van der Waals surface area contributed by atoms with Crippen LogP contribution in [-0.4, -0.2) is 67.7 Å². The third kappa shape index (κ3) is 4.83. The van der Waals surface area contributed by atoms with E-state index in [0.717, 1.165) is 65.3 Å². The van der Waals surface area contributed by atoms with E-state index < -0.39 is 0 Å². The lowest BCUT2D eigenvalue weighted by atomic mass is 10.0. The maximum absolute atomic E-state index is 13.8. The molecule has 1 aromatic heterocycles. The van der Waals surface area contributed by atoms with Crippen LogP contribution in [-0.2, 0) is 7.05 Å². The highest BCUT2D eigenvalue weighted by molar-refractivity contribution is 6.03. The molecule has 0 radical (unpaired) electrons. The van der Waals surface area contributed by atoms with Crippen molar-refractivity contribution in [3.63, 3.8) is 0 Å². The van der Waals surface area contributed by atoms with Crippen molar-refractivity contribution in [2.75, 3.05) is 67.1 Å². The van der Waals surface area contributed by atoms with E-state index in [0.29, 0.717) is 37.3 Å². The molecule has 3 aromatic carbocycles. The van der Waals surface area contributed by atoms with E-state index in [1.807, 2.05) is 60.4 Å². The fourth-order valence-electron chi connectivity index (χ4n) is 6.19. The highest BCUT2D eigenvalue weighted by Crippen LogP contribution is 2.33. The van der Waals surface area contributed by atoms with Crippen molar-refractivity contribution in [1.29, 1.82) is 10.5 Å². The van der Waals surface area contributed by atoms with Gasteiger partial charge in [0, 0.05) is 76.6 Å². The van der Waals surface area contributed by atoms with E-state index in [1.165, 1.54) is 0 Å². The zero-order chi connectivity index (χ0) is 28.5. The first-order chi connectivity index (χ1) is 20.0. The number of carbonyl (C=O) groups is 1. The first-order valence-corrected chi connectivity index (χ1v) is 14.1. The maximum atomic E-state index is 13.8. The second-order valence-corrected chi connectivity index (χ2v) is 10.8. The molecule has 41 heavy (non-hydrogen) atoms. The summed E-state index contributed by atoms with van der Waals surface area (Å²) in [5.41, 5.74) is 7.28. The molecule has 0 atom stereocenters. The van der Waals surface area contributed by atoms with Gasteiger partial charge in [-0.25, -0.2) is 0 Å². The molecule has 4 aromatic rings. The fourth-order valence-corrected chi connectivity index (χ4v) is 6.19. The standard InChI is InChI=1S/C33H33N7O/c1-24-19-31-28(20-27(24)33(41)40-17-15-38(16-18-40)30-10-6-4-8-26(30)22-35)32(23-36(31)2)39-13-11-37(12-14-39)29-9-5-3-7-25(29)21-34/h3-10,19-20,23H,11-18H2,1-2H3. The van der Waals surface area contributed by atoms with E-state index in [2.05, 4.69) is 56.8 Å². The largest absolute Gasteiger partial charge is 0.367 e. The third-order valence-electron chi connectivity index (χ3n) is 8.46. The van der Waals surface area contributed by atoms with Crippen LogP contribution in [0.2, 0.25) is 0 Å². The third-order valence-corrected chi connectivity index (χ3v) is 8.46. The number of nitriles is 2. The fraction of sp³-hybridized carbons (Fsp3) is 0.303. The Labute approximate surface area is 240 Å². The van der Waals surface area contributed by atoms with Gasteiger partial charge in [-0.05, 0) is 48.9 Å². The smallest absolute Gasteiger partial charge is 0.254 e. The lowest BCUT2D eigenvalue weighted by molar-refractivity contribution is 0.0746. The monoisotopic (exact) mass is 543 g/mol. The van der Waals surface area contributed by atoms with Crippen LogP contribution >= 0.6 is 0 Å². The van der Waals surface area contributed by atoms with Gasteiger partial charge in [0.1, 0.15) is 12.1 Å². The predicted molar refractivity (Wildman–Crippen MR) is 163 cm³/mol. The Bertz CT molecular complexity index is 1690. The van der Waals surface area contributed by atoms with Crippen LogP contribution in [0.25, 0.3) is 10.9 Å². The molecule has 6 rings (SSSR count). The van der Waals surface area contributed by atoms with Gasteiger partial charge in [0.2, 0.25) is 0 Å². The molecular formula is C33H33N7O. The number of para-hydroxylation sites is 2. The molecule has 0 bridgehead atoms. The Balaban J connectivity index is 1.20. The average molecular weight is 544 g/mol. The first-order valence-electron chi connectivity index (χ1n) is 14.1. The number of rotatable bonds is 4. The molecule has 8 heteroatoms. The van der Waals surface area contributed by atoms with Crippen LogP contribution in [0.15, 0.2) is 66.9 Å². The molecular weight excluding hydrogens is 510 g/mol. The van der Waals surface area contributed by atoms with Crippen LogP contribution in [0.3, 0.4) is 0 Å². The second-order valence-electron chi connectivity index (χ2n) is 10.8. The molecule has 0 spiro atoms. The summed E-state index contributed by atoms with van der Waals surface area (Å²) >= 11 is 0. The molecule has 8 nitrogen and oxygen atoms in total. The summed E-state index contributed by atoms with van der Waals surface area (Å²) in [6.45, 7) is 7.96. The molecule has 3 heterocycles. The summed E-state index contributed by atoms with van der Waals surface area (Å²) in [4.78, 5) is 22.6. The minimum Gasteiger partial charge on any atom is -0.367 e. The Hall–Kier alpha value is -4.95. The van der Waals surface area contributed by atoms with Crippen molar-refractivity contribution < 1.29 is 4.79 Å². The van der Waals surface area contributed by atoms with Crippen molar-refractivity contribution in [3.05, 3.63) is 89.1 Å². The molecule has 2 aliphatic heterocycles. The van der Waals surface area contributed by atoms with Gasteiger partial charge in [-0.2, -0.15) is 10.5 Å². The van der Waals surface area contributed by atoms with Crippen LogP contribution in [0.4, 0.5) is 17.1 Å². The number of amides is 1. The molecule has 0 unspecified atom stereocenters. The molecule has 0 aliphatic carbocycles. The molecule has 2 aliphatic rings. The molecule has 2 saturated heterocycles. The topological polar surface area (TPSA) is 82.5 Å². The lowest BCUT2D eigenvalue weighted by Gasteiger charge is -2.37. The molecule has 1 amide bonds. The Morgan fingerprint density at radius 1 is 0.707 bits per heavy atom. The lowest BCUT2D eigenvalue weighted by Crippen LogP contribution is -2.49. The first kappa shape index (κ1) is 26.3. The number of hydrogen-bond acceptors (Lipinski definition) is 6. The number of carbonyl (C=O) groups excluding carboxylic acids is 1. The van der Waals surface area contributed by atoms with E-state index in [9.17, 15) is 15.3 Å². The summed E-state index contributed by atoms with van der Waals surface area (Å²) in [7, 11) is 2.06. The van der Waals surface area contributed by atoms with Crippen molar-refractivity contribution in [2.24, 2.45) is 7.05 Å². The second kappa shape index (κ2) is 10.9. The number of fused-ring (bicyclic) bond motifs is 1. The van der Waals surface area contributed by atoms with Gasteiger partial charge < -0.3 is 24.2 Å². The molecule has 2 fully saturated rings. The van der Waals surface area contributed by atoms with E-state index in [1.54, 1.807) is 0 Å². The predicted octanol–water partition coefficient (Wildman–Crippen LogP) is 4.52. The van der Waals surface area contributed by atoms with E-state index in [-0.39, 0.29) is 5.91 Å². The van der Waals surface area contributed by atoms with Crippen LogP contribution in [0.1, 0.15) is 27.0 Å². The quantitative estimate of drug-likeness (QED) is 0.377. The summed E-state index contributed by atoms with van der Waals surface area (Å²) in [5, 5.41) is 20.1. The van der Waals surface area contributed by atoms with Crippen molar-refractivity contribution >= 4 is 33.9 Å². The van der Waals surface area contributed by atoms with E-state index >= 15 is 0 Å². The van der Waals surface area contributed by atoms with Crippen molar-refractivity contribution in [1.82, 2.24) is 9.47 Å². The van der Waals surface area contributed by atoms with Gasteiger partial charge >= 0.3 is 0 Å². The summed E-state index contributed by atoms with van der Waals surface area (Å²) in [5.74, 6) is 0.0605. The number of piperazine rings is 2. The summed E-state index contributed by atoms with van der Waals surface area (Å²) in [6, 6.07) is 24.3. The average Bonchev–Trinajstić information content (AvgIpc) is 3.35. The van der Waals surface area contributed by atoms with Crippen LogP contribution < -0.4 is 14.7 Å². The molecule has 206 valence electrons. The Morgan fingerprint density at radius 2 is 1.20 bits per heavy atom. The molecule has 0 saturated carbocycles. The number of anilines is 3. The number of benzene rings is 3. The maximum Gasteiger partial charge on any atom is 0.254 e. The Morgan fingerprint density at radius 3 is 1.73 bits per heavy atom. The minimum atomic E-state index is 0.0605. The van der Waals surface area contributed by atoms with Crippen LogP contribution in [0, 0.1) is 29.6 Å². The zero-order valence-electron chi connectivity index (χ0n) is 23.5. The normalized spacial score (nSPS) is 15.6. The van der Waals surface area contributed by atoms with Gasteiger partial charge in [0.15, 0.2) is 0 Å².